The maximum atomic E-state index is 11.2. The van der Waals surface area contributed by atoms with Crippen molar-refractivity contribution in [3.05, 3.63) is 53.1 Å². The van der Waals surface area contributed by atoms with Crippen LogP contribution in [0.15, 0.2) is 42.5 Å². The molecule has 0 atom stereocenters. The van der Waals surface area contributed by atoms with Crippen molar-refractivity contribution >= 4 is 23.2 Å². The highest BCUT2D eigenvalue weighted by atomic mass is 35.5. The van der Waals surface area contributed by atoms with Crippen molar-refractivity contribution in [1.29, 1.82) is 0 Å². The number of benzene rings is 2. The number of halogens is 1. The Balaban J connectivity index is 2.40. The summed E-state index contributed by atoms with van der Waals surface area (Å²) in [6, 6.07) is 11.7. The van der Waals surface area contributed by atoms with Gasteiger partial charge < -0.3 is 16.2 Å². The zero-order chi connectivity index (χ0) is 13.1. The molecule has 5 heteroatoms. The van der Waals surface area contributed by atoms with Crippen LogP contribution < -0.4 is 16.2 Å². The van der Waals surface area contributed by atoms with Crippen LogP contribution in [0.5, 0.6) is 11.5 Å². The fraction of sp³-hybridized carbons (Fsp3) is 0. The van der Waals surface area contributed by atoms with Crippen molar-refractivity contribution in [2.75, 3.05) is 5.73 Å². The van der Waals surface area contributed by atoms with E-state index in [1.54, 1.807) is 42.5 Å². The molecule has 1 amide bonds. The smallest absolute Gasteiger partial charge is 0.252 e. The number of nitrogen functional groups attached to an aromatic ring is 1. The molecule has 18 heavy (non-hydrogen) atoms. The number of para-hydroxylation sites is 2. The largest absolute Gasteiger partial charge is 0.454 e. The normalized spacial score (nSPS) is 10.1. The summed E-state index contributed by atoms with van der Waals surface area (Å²) >= 11 is 5.89. The summed E-state index contributed by atoms with van der Waals surface area (Å²) in [5, 5.41) is 0.393. The molecule has 2 rings (SSSR count). The highest BCUT2D eigenvalue weighted by Gasteiger charge is 2.11. The third kappa shape index (κ3) is 2.38. The zero-order valence-corrected chi connectivity index (χ0v) is 10.1. The highest BCUT2D eigenvalue weighted by Crippen LogP contribution is 2.33. The number of hydrogen-bond donors (Lipinski definition) is 2. The van der Waals surface area contributed by atoms with E-state index in [0.717, 1.165) is 0 Å². The maximum Gasteiger partial charge on any atom is 0.252 e. The summed E-state index contributed by atoms with van der Waals surface area (Å²) < 4.78 is 5.57. The lowest BCUT2D eigenvalue weighted by Gasteiger charge is -2.11. The Labute approximate surface area is 109 Å². The van der Waals surface area contributed by atoms with Crippen molar-refractivity contribution in [1.82, 2.24) is 0 Å². The van der Waals surface area contributed by atoms with Crippen LogP contribution in [0, 0.1) is 0 Å². The molecular formula is C13H11ClN2O2. The number of ether oxygens (including phenoxy) is 1. The van der Waals surface area contributed by atoms with Crippen molar-refractivity contribution < 1.29 is 9.53 Å². The van der Waals surface area contributed by atoms with E-state index in [-0.39, 0.29) is 5.56 Å². The number of primary amides is 1. The van der Waals surface area contributed by atoms with Gasteiger partial charge in [0.15, 0.2) is 5.75 Å². The van der Waals surface area contributed by atoms with Crippen molar-refractivity contribution in [2.24, 2.45) is 5.73 Å². The lowest BCUT2D eigenvalue weighted by molar-refractivity contribution is 0.0998. The first-order valence-corrected chi connectivity index (χ1v) is 5.58. The number of carbonyl (C=O) groups is 1. The number of anilines is 1. The lowest BCUT2D eigenvalue weighted by atomic mass is 10.2. The molecule has 0 aliphatic carbocycles. The Hall–Kier alpha value is -2.20. The number of amides is 1. The Morgan fingerprint density at radius 3 is 2.44 bits per heavy atom. The number of carbonyl (C=O) groups excluding carboxylic acids is 1. The molecule has 4 N–H and O–H groups in total. The maximum absolute atomic E-state index is 11.2. The van der Waals surface area contributed by atoms with E-state index in [4.69, 9.17) is 27.8 Å². The predicted molar refractivity (Wildman–Crippen MR) is 70.9 cm³/mol. The van der Waals surface area contributed by atoms with Gasteiger partial charge in [-0.05, 0) is 24.3 Å². The second-order valence-electron chi connectivity index (χ2n) is 3.61. The van der Waals surface area contributed by atoms with Crippen LogP contribution in [0.4, 0.5) is 5.69 Å². The minimum absolute atomic E-state index is 0.289. The van der Waals surface area contributed by atoms with Gasteiger partial charge in [0.2, 0.25) is 0 Å². The number of hydrogen-bond acceptors (Lipinski definition) is 3. The van der Waals surface area contributed by atoms with Gasteiger partial charge in [0, 0.05) is 0 Å². The third-order valence-electron chi connectivity index (χ3n) is 2.39. The SMILES string of the molecule is NC(=O)c1ccccc1Oc1cccc(Cl)c1N. The summed E-state index contributed by atoms with van der Waals surface area (Å²) in [4.78, 5) is 11.2. The Bertz CT molecular complexity index is 599. The van der Waals surface area contributed by atoms with Gasteiger partial charge in [-0.2, -0.15) is 0 Å². The second kappa shape index (κ2) is 4.98. The zero-order valence-electron chi connectivity index (χ0n) is 9.39. The molecule has 0 aliphatic rings. The Morgan fingerprint density at radius 2 is 1.72 bits per heavy atom. The van der Waals surface area contributed by atoms with Gasteiger partial charge in [0.05, 0.1) is 16.3 Å². The van der Waals surface area contributed by atoms with Crippen LogP contribution in [-0.2, 0) is 0 Å². The van der Waals surface area contributed by atoms with Crippen LogP contribution >= 0.6 is 11.6 Å². The van der Waals surface area contributed by atoms with Crippen LogP contribution in [0.1, 0.15) is 10.4 Å². The van der Waals surface area contributed by atoms with Gasteiger partial charge in [-0.25, -0.2) is 0 Å². The van der Waals surface area contributed by atoms with Gasteiger partial charge in [0.1, 0.15) is 5.75 Å². The Kier molecular flexibility index (Phi) is 3.39. The van der Waals surface area contributed by atoms with Gasteiger partial charge in [-0.15, -0.1) is 0 Å². The first-order chi connectivity index (χ1) is 8.59. The molecular weight excluding hydrogens is 252 g/mol. The quantitative estimate of drug-likeness (QED) is 0.835. The molecule has 0 fully saturated rings. The van der Waals surface area contributed by atoms with E-state index in [1.165, 1.54) is 0 Å². The van der Waals surface area contributed by atoms with E-state index in [0.29, 0.717) is 22.2 Å². The van der Waals surface area contributed by atoms with Crippen molar-refractivity contribution in [3.63, 3.8) is 0 Å². The van der Waals surface area contributed by atoms with Gasteiger partial charge in [0.25, 0.3) is 5.91 Å². The van der Waals surface area contributed by atoms with E-state index >= 15 is 0 Å². The molecule has 0 bridgehead atoms. The third-order valence-corrected chi connectivity index (χ3v) is 2.71. The lowest BCUT2D eigenvalue weighted by Crippen LogP contribution is -2.12. The van der Waals surface area contributed by atoms with Gasteiger partial charge in [-0.3, -0.25) is 4.79 Å². The summed E-state index contributed by atoms with van der Waals surface area (Å²) in [5.41, 5.74) is 11.7. The fourth-order valence-corrected chi connectivity index (χ4v) is 1.65. The second-order valence-corrected chi connectivity index (χ2v) is 4.02. The monoisotopic (exact) mass is 262 g/mol. The van der Waals surface area contributed by atoms with Crippen molar-refractivity contribution in [2.45, 2.75) is 0 Å². The molecule has 0 aliphatic heterocycles. The topological polar surface area (TPSA) is 78.3 Å². The van der Waals surface area contributed by atoms with Crippen LogP contribution in [-0.4, -0.2) is 5.91 Å². The molecule has 0 saturated carbocycles. The molecule has 92 valence electrons. The van der Waals surface area contributed by atoms with Gasteiger partial charge >= 0.3 is 0 Å². The van der Waals surface area contributed by atoms with Crippen LogP contribution in [0.25, 0.3) is 0 Å². The average molecular weight is 263 g/mol. The Morgan fingerprint density at radius 1 is 1.06 bits per heavy atom. The summed E-state index contributed by atoms with van der Waals surface area (Å²) in [6.07, 6.45) is 0. The standard InChI is InChI=1S/C13H11ClN2O2/c14-9-5-3-7-11(12(9)15)18-10-6-2-1-4-8(10)13(16)17/h1-7H,15H2,(H2,16,17). The number of rotatable bonds is 3. The molecule has 0 radical (unpaired) electrons. The molecule has 0 saturated heterocycles. The fourth-order valence-electron chi connectivity index (χ4n) is 1.48. The van der Waals surface area contributed by atoms with Crippen LogP contribution in [0.3, 0.4) is 0 Å². The van der Waals surface area contributed by atoms with Gasteiger partial charge in [-0.1, -0.05) is 29.8 Å². The minimum Gasteiger partial charge on any atom is -0.454 e. The summed E-state index contributed by atoms with van der Waals surface area (Å²) in [7, 11) is 0. The molecule has 2 aromatic carbocycles. The van der Waals surface area contributed by atoms with E-state index in [1.807, 2.05) is 0 Å². The predicted octanol–water partition coefficient (Wildman–Crippen LogP) is 2.81. The first kappa shape index (κ1) is 12.3. The number of nitrogens with two attached hydrogens (primary N) is 2. The molecule has 0 heterocycles. The first-order valence-electron chi connectivity index (χ1n) is 5.20. The average Bonchev–Trinajstić information content (AvgIpc) is 2.35. The molecule has 4 nitrogen and oxygen atoms in total. The van der Waals surface area contributed by atoms with Crippen molar-refractivity contribution in [3.8, 4) is 11.5 Å². The summed E-state index contributed by atoms with van der Waals surface area (Å²) in [5.74, 6) is 0.168. The minimum atomic E-state index is -0.564. The molecule has 0 aromatic heterocycles. The molecule has 2 aromatic rings. The highest BCUT2D eigenvalue weighted by molar-refractivity contribution is 6.33. The molecule has 0 unspecified atom stereocenters. The van der Waals surface area contributed by atoms with E-state index in [9.17, 15) is 4.79 Å². The molecule has 0 spiro atoms. The van der Waals surface area contributed by atoms with Crippen LogP contribution in [0.2, 0.25) is 5.02 Å². The van der Waals surface area contributed by atoms with E-state index in [2.05, 4.69) is 0 Å². The summed E-state index contributed by atoms with van der Waals surface area (Å²) in [6.45, 7) is 0. The van der Waals surface area contributed by atoms with E-state index < -0.39 is 5.91 Å².